The van der Waals surface area contributed by atoms with Crippen molar-refractivity contribution in [2.24, 2.45) is 5.92 Å². The Balaban J connectivity index is 2.38. The molecule has 1 heteroatoms. The molecule has 1 aliphatic rings. The molecule has 0 N–H and O–H groups in total. The van der Waals surface area contributed by atoms with Gasteiger partial charge in [-0.2, -0.15) is 0 Å². The van der Waals surface area contributed by atoms with Gasteiger partial charge in [0, 0.05) is 5.54 Å². The maximum absolute atomic E-state index is 2.40. The first-order valence-electron chi connectivity index (χ1n) is 4.24. The molecule has 0 aromatic heterocycles. The van der Waals surface area contributed by atoms with E-state index < -0.39 is 0 Å². The van der Waals surface area contributed by atoms with Crippen molar-refractivity contribution in [3.05, 3.63) is 0 Å². The Bertz CT molecular complexity index is 112. The lowest BCUT2D eigenvalue weighted by Gasteiger charge is -2.25. The molecular weight excluding hydrogens is 122 g/mol. The normalized spacial score (nSPS) is 22.2. The van der Waals surface area contributed by atoms with Gasteiger partial charge >= 0.3 is 0 Å². The van der Waals surface area contributed by atoms with E-state index >= 15 is 0 Å². The van der Waals surface area contributed by atoms with Crippen LogP contribution in [0.2, 0.25) is 0 Å². The molecule has 1 aliphatic carbocycles. The number of hydrogen-bond acceptors (Lipinski definition) is 1. The van der Waals surface area contributed by atoms with E-state index in [-0.39, 0.29) is 0 Å². The minimum atomic E-state index is 0.605. The third-order valence-corrected chi connectivity index (χ3v) is 2.56. The fraction of sp³-hybridized carbons (Fsp3) is 1.00. The van der Waals surface area contributed by atoms with E-state index in [2.05, 4.69) is 32.8 Å². The predicted molar refractivity (Wildman–Crippen MR) is 45.1 cm³/mol. The third kappa shape index (κ3) is 1.51. The summed E-state index contributed by atoms with van der Waals surface area (Å²) in [5, 5.41) is 0. The van der Waals surface area contributed by atoms with Gasteiger partial charge in [-0.05, 0) is 39.3 Å². The van der Waals surface area contributed by atoms with Gasteiger partial charge in [-0.15, -0.1) is 0 Å². The lowest BCUT2D eigenvalue weighted by molar-refractivity contribution is 0.233. The highest BCUT2D eigenvalue weighted by molar-refractivity contribution is 5.01. The lowest BCUT2D eigenvalue weighted by atomic mass is 10.0. The maximum Gasteiger partial charge on any atom is 0.0207 e. The summed E-state index contributed by atoms with van der Waals surface area (Å²) < 4.78 is 0. The third-order valence-electron chi connectivity index (χ3n) is 2.56. The Hall–Kier alpha value is -0.0400. The smallest absolute Gasteiger partial charge is 0.0207 e. The van der Waals surface area contributed by atoms with E-state index in [1.165, 1.54) is 19.3 Å². The Morgan fingerprint density at radius 3 is 1.90 bits per heavy atom. The summed E-state index contributed by atoms with van der Waals surface area (Å²) in [6, 6.07) is 0. The van der Waals surface area contributed by atoms with Crippen LogP contribution in [0.1, 0.15) is 33.1 Å². The molecule has 0 heterocycles. The highest BCUT2D eigenvalue weighted by Crippen LogP contribution is 2.44. The maximum atomic E-state index is 2.40. The molecule has 1 fully saturated rings. The number of rotatable bonds is 3. The first-order chi connectivity index (χ1) is 4.57. The fourth-order valence-electron chi connectivity index (χ4n) is 1.74. The molecular formula is C9H19N. The van der Waals surface area contributed by atoms with E-state index in [9.17, 15) is 0 Å². The van der Waals surface area contributed by atoms with Gasteiger partial charge in [-0.25, -0.2) is 0 Å². The molecule has 0 unspecified atom stereocenters. The van der Waals surface area contributed by atoms with Crippen LogP contribution in [-0.4, -0.2) is 24.5 Å². The van der Waals surface area contributed by atoms with Crippen molar-refractivity contribution in [2.75, 3.05) is 14.1 Å². The molecule has 1 saturated carbocycles. The molecule has 60 valence electrons. The number of nitrogens with zero attached hydrogens (tertiary/aromatic N) is 1. The highest BCUT2D eigenvalue weighted by Gasteiger charge is 2.44. The van der Waals surface area contributed by atoms with Gasteiger partial charge in [-0.1, -0.05) is 13.8 Å². The van der Waals surface area contributed by atoms with Gasteiger partial charge in [0.1, 0.15) is 0 Å². The second kappa shape index (κ2) is 2.54. The van der Waals surface area contributed by atoms with Crippen LogP contribution in [0.4, 0.5) is 0 Å². The predicted octanol–water partition coefficient (Wildman–Crippen LogP) is 2.13. The molecule has 0 atom stereocenters. The highest BCUT2D eigenvalue weighted by atomic mass is 15.2. The van der Waals surface area contributed by atoms with Crippen molar-refractivity contribution in [2.45, 2.75) is 38.6 Å². The van der Waals surface area contributed by atoms with E-state index in [1.54, 1.807) is 0 Å². The first-order valence-corrected chi connectivity index (χ1v) is 4.24. The van der Waals surface area contributed by atoms with Crippen LogP contribution in [0.25, 0.3) is 0 Å². The Labute approximate surface area is 64.4 Å². The van der Waals surface area contributed by atoms with Crippen molar-refractivity contribution in [1.82, 2.24) is 4.90 Å². The molecule has 10 heavy (non-hydrogen) atoms. The van der Waals surface area contributed by atoms with Crippen LogP contribution in [0.5, 0.6) is 0 Å². The minimum Gasteiger partial charge on any atom is -0.304 e. The average molecular weight is 141 g/mol. The zero-order valence-corrected chi connectivity index (χ0v) is 7.65. The monoisotopic (exact) mass is 141 g/mol. The fourth-order valence-corrected chi connectivity index (χ4v) is 1.74. The molecule has 0 aliphatic heterocycles. The van der Waals surface area contributed by atoms with Crippen LogP contribution in [-0.2, 0) is 0 Å². The molecule has 1 rings (SSSR count). The first kappa shape index (κ1) is 8.06. The van der Waals surface area contributed by atoms with Gasteiger partial charge in [0.2, 0.25) is 0 Å². The standard InChI is InChI=1S/C9H19N/c1-8(2)7-9(5-6-9)10(3)4/h8H,5-7H2,1-4H3. The van der Waals surface area contributed by atoms with E-state index in [0.717, 1.165) is 5.92 Å². The minimum absolute atomic E-state index is 0.605. The molecule has 0 aromatic rings. The average Bonchev–Trinajstić information content (AvgIpc) is 2.46. The molecule has 0 amide bonds. The summed E-state index contributed by atoms with van der Waals surface area (Å²) in [6.45, 7) is 4.62. The number of hydrogen-bond donors (Lipinski definition) is 0. The van der Waals surface area contributed by atoms with Gasteiger partial charge in [0.25, 0.3) is 0 Å². The Kier molecular flexibility index (Phi) is 2.04. The molecule has 0 aromatic carbocycles. The summed E-state index contributed by atoms with van der Waals surface area (Å²) in [6.07, 6.45) is 4.20. The van der Waals surface area contributed by atoms with Crippen molar-refractivity contribution >= 4 is 0 Å². The van der Waals surface area contributed by atoms with Crippen molar-refractivity contribution in [3.8, 4) is 0 Å². The second-order valence-electron chi connectivity index (χ2n) is 4.22. The lowest BCUT2D eigenvalue weighted by Crippen LogP contribution is -2.31. The van der Waals surface area contributed by atoms with Gasteiger partial charge < -0.3 is 4.90 Å². The zero-order valence-electron chi connectivity index (χ0n) is 7.65. The van der Waals surface area contributed by atoms with E-state index in [0.29, 0.717) is 5.54 Å². The van der Waals surface area contributed by atoms with Crippen LogP contribution in [0.3, 0.4) is 0 Å². The van der Waals surface area contributed by atoms with E-state index in [4.69, 9.17) is 0 Å². The largest absolute Gasteiger partial charge is 0.304 e. The summed E-state index contributed by atoms with van der Waals surface area (Å²) in [4.78, 5) is 2.40. The van der Waals surface area contributed by atoms with Gasteiger partial charge in [0.05, 0.1) is 0 Å². The molecule has 0 saturated heterocycles. The van der Waals surface area contributed by atoms with Crippen LogP contribution in [0, 0.1) is 5.92 Å². The van der Waals surface area contributed by atoms with Crippen LogP contribution < -0.4 is 0 Å². The van der Waals surface area contributed by atoms with Crippen molar-refractivity contribution < 1.29 is 0 Å². The SMILES string of the molecule is CC(C)CC1(N(C)C)CC1. The second-order valence-corrected chi connectivity index (χ2v) is 4.22. The van der Waals surface area contributed by atoms with Crippen molar-refractivity contribution in [3.63, 3.8) is 0 Å². The topological polar surface area (TPSA) is 3.24 Å². The summed E-state index contributed by atoms with van der Waals surface area (Å²) in [5.74, 6) is 0.852. The van der Waals surface area contributed by atoms with Gasteiger partial charge in [0.15, 0.2) is 0 Å². The van der Waals surface area contributed by atoms with Crippen LogP contribution >= 0.6 is 0 Å². The molecule has 0 spiro atoms. The van der Waals surface area contributed by atoms with Gasteiger partial charge in [-0.3, -0.25) is 0 Å². The summed E-state index contributed by atoms with van der Waals surface area (Å²) in [7, 11) is 4.41. The Morgan fingerprint density at radius 2 is 1.80 bits per heavy atom. The van der Waals surface area contributed by atoms with E-state index in [1.807, 2.05) is 0 Å². The Morgan fingerprint density at radius 1 is 1.30 bits per heavy atom. The summed E-state index contributed by atoms with van der Waals surface area (Å²) in [5.41, 5.74) is 0.605. The summed E-state index contributed by atoms with van der Waals surface area (Å²) >= 11 is 0. The molecule has 0 bridgehead atoms. The van der Waals surface area contributed by atoms with Crippen LogP contribution in [0.15, 0.2) is 0 Å². The molecule has 1 nitrogen and oxygen atoms in total. The zero-order chi connectivity index (χ0) is 7.78. The molecule has 0 radical (unpaired) electrons. The quantitative estimate of drug-likeness (QED) is 0.582. The van der Waals surface area contributed by atoms with Crippen molar-refractivity contribution in [1.29, 1.82) is 0 Å².